The van der Waals surface area contributed by atoms with Gasteiger partial charge in [-0.05, 0) is 12.1 Å². The monoisotopic (exact) mass is 230 g/mol. The Morgan fingerprint density at radius 2 is 2.14 bits per heavy atom. The Morgan fingerprint density at radius 1 is 1.50 bits per heavy atom. The molecule has 14 heavy (non-hydrogen) atoms. The van der Waals surface area contributed by atoms with E-state index in [1.807, 2.05) is 0 Å². The van der Waals surface area contributed by atoms with Crippen LogP contribution in [0.4, 0.5) is 5.69 Å². The first kappa shape index (κ1) is 10.9. The van der Waals surface area contributed by atoms with E-state index < -0.39 is 10.0 Å². The Bertz CT molecular complexity index is 454. The van der Waals surface area contributed by atoms with Gasteiger partial charge >= 0.3 is 0 Å². The standard InChI is InChI=1S/C8H10N2O2S2/c1-14(11,12)10-7-4-2-3-6(5-7)8(9)13/h2-5,10H,1H3,(H2,9,13). The zero-order valence-corrected chi connectivity index (χ0v) is 9.15. The molecule has 0 aliphatic heterocycles. The Balaban J connectivity index is 3.01. The van der Waals surface area contributed by atoms with Crippen LogP contribution in [0.15, 0.2) is 24.3 Å². The molecule has 0 radical (unpaired) electrons. The molecular weight excluding hydrogens is 220 g/mol. The Labute approximate surface area is 88.2 Å². The first-order valence-corrected chi connectivity index (χ1v) is 6.06. The Morgan fingerprint density at radius 3 is 2.64 bits per heavy atom. The summed E-state index contributed by atoms with van der Waals surface area (Å²) in [5.74, 6) is 0. The van der Waals surface area contributed by atoms with Gasteiger partial charge in [0.05, 0.1) is 6.26 Å². The summed E-state index contributed by atoms with van der Waals surface area (Å²) in [7, 11) is -3.25. The quantitative estimate of drug-likeness (QED) is 0.749. The Hall–Kier alpha value is -1.14. The summed E-state index contributed by atoms with van der Waals surface area (Å²) < 4.78 is 24.1. The van der Waals surface area contributed by atoms with E-state index in [1.54, 1.807) is 24.3 Å². The predicted octanol–water partition coefficient (Wildman–Crippen LogP) is 0.692. The number of anilines is 1. The van der Waals surface area contributed by atoms with Gasteiger partial charge in [0, 0.05) is 11.3 Å². The molecule has 0 fully saturated rings. The molecule has 1 aromatic carbocycles. The number of rotatable bonds is 3. The lowest BCUT2D eigenvalue weighted by atomic mass is 10.2. The molecule has 0 aliphatic rings. The number of hydrogen-bond donors (Lipinski definition) is 2. The summed E-state index contributed by atoms with van der Waals surface area (Å²) in [6.07, 6.45) is 1.08. The first-order chi connectivity index (χ1) is 6.38. The van der Waals surface area contributed by atoms with Gasteiger partial charge in [-0.3, -0.25) is 4.72 Å². The highest BCUT2D eigenvalue weighted by Crippen LogP contribution is 2.11. The van der Waals surface area contributed by atoms with Gasteiger partial charge in [0.15, 0.2) is 0 Å². The zero-order valence-electron chi connectivity index (χ0n) is 7.52. The lowest BCUT2D eigenvalue weighted by Gasteiger charge is -2.05. The minimum Gasteiger partial charge on any atom is -0.389 e. The molecule has 0 unspecified atom stereocenters. The van der Waals surface area contributed by atoms with Crippen molar-refractivity contribution in [2.24, 2.45) is 5.73 Å². The van der Waals surface area contributed by atoms with E-state index in [9.17, 15) is 8.42 Å². The van der Waals surface area contributed by atoms with Crippen molar-refractivity contribution in [2.75, 3.05) is 11.0 Å². The third-order valence-corrected chi connectivity index (χ3v) is 2.29. The molecule has 1 aromatic rings. The highest BCUT2D eigenvalue weighted by Gasteiger charge is 2.02. The maximum atomic E-state index is 10.9. The van der Waals surface area contributed by atoms with Crippen molar-refractivity contribution in [1.29, 1.82) is 0 Å². The van der Waals surface area contributed by atoms with Gasteiger partial charge in [0.2, 0.25) is 10.0 Å². The van der Waals surface area contributed by atoms with Gasteiger partial charge < -0.3 is 5.73 Å². The molecule has 0 spiro atoms. The molecule has 0 aromatic heterocycles. The van der Waals surface area contributed by atoms with Crippen LogP contribution in [0.2, 0.25) is 0 Å². The maximum absolute atomic E-state index is 10.9. The molecule has 0 aliphatic carbocycles. The van der Waals surface area contributed by atoms with Crippen LogP contribution in [0.25, 0.3) is 0 Å². The van der Waals surface area contributed by atoms with Crippen LogP contribution in [0.1, 0.15) is 5.56 Å². The van der Waals surface area contributed by atoms with Crippen LogP contribution in [0, 0.1) is 0 Å². The van der Waals surface area contributed by atoms with Crippen molar-refractivity contribution < 1.29 is 8.42 Å². The number of hydrogen-bond acceptors (Lipinski definition) is 3. The van der Waals surface area contributed by atoms with Gasteiger partial charge in [-0.15, -0.1) is 0 Å². The maximum Gasteiger partial charge on any atom is 0.229 e. The summed E-state index contributed by atoms with van der Waals surface area (Å²) in [4.78, 5) is 0.238. The van der Waals surface area contributed by atoms with E-state index in [4.69, 9.17) is 18.0 Å². The van der Waals surface area contributed by atoms with Crippen LogP contribution < -0.4 is 10.5 Å². The minimum absolute atomic E-state index is 0.238. The van der Waals surface area contributed by atoms with Gasteiger partial charge in [0.25, 0.3) is 0 Å². The molecule has 3 N–H and O–H groups in total. The highest BCUT2D eigenvalue weighted by molar-refractivity contribution is 7.92. The summed E-state index contributed by atoms with van der Waals surface area (Å²) in [5, 5.41) is 0. The van der Waals surface area contributed by atoms with E-state index >= 15 is 0 Å². The smallest absolute Gasteiger partial charge is 0.229 e. The molecule has 76 valence electrons. The first-order valence-electron chi connectivity index (χ1n) is 3.76. The van der Waals surface area contributed by atoms with Crippen molar-refractivity contribution in [3.05, 3.63) is 29.8 Å². The number of benzene rings is 1. The third kappa shape index (κ3) is 3.31. The molecule has 0 amide bonds. The molecule has 6 heteroatoms. The molecule has 0 bridgehead atoms. The molecule has 0 saturated heterocycles. The fourth-order valence-electron chi connectivity index (χ4n) is 0.950. The van der Waals surface area contributed by atoms with Crippen LogP contribution in [0.3, 0.4) is 0 Å². The number of sulfonamides is 1. The lowest BCUT2D eigenvalue weighted by molar-refractivity contribution is 0.607. The fraction of sp³-hybridized carbons (Fsp3) is 0.125. The summed E-state index contributed by atoms with van der Waals surface area (Å²) in [6.45, 7) is 0. The average molecular weight is 230 g/mol. The molecular formula is C8H10N2O2S2. The highest BCUT2D eigenvalue weighted by atomic mass is 32.2. The summed E-state index contributed by atoms with van der Waals surface area (Å²) in [5.41, 5.74) is 6.49. The van der Waals surface area contributed by atoms with Crippen molar-refractivity contribution in [3.8, 4) is 0 Å². The lowest BCUT2D eigenvalue weighted by Crippen LogP contribution is -2.12. The normalized spacial score (nSPS) is 10.9. The fourth-order valence-corrected chi connectivity index (χ4v) is 1.63. The summed E-state index contributed by atoms with van der Waals surface area (Å²) >= 11 is 4.76. The van der Waals surface area contributed by atoms with Crippen LogP contribution in [-0.4, -0.2) is 19.7 Å². The second-order valence-electron chi connectivity index (χ2n) is 2.82. The van der Waals surface area contributed by atoms with E-state index in [0.717, 1.165) is 6.26 Å². The number of nitrogens with one attached hydrogen (secondary N) is 1. The third-order valence-electron chi connectivity index (χ3n) is 1.45. The van der Waals surface area contributed by atoms with E-state index in [0.29, 0.717) is 11.3 Å². The van der Waals surface area contributed by atoms with Gasteiger partial charge in [-0.25, -0.2) is 8.42 Å². The second-order valence-corrected chi connectivity index (χ2v) is 5.01. The van der Waals surface area contributed by atoms with Crippen LogP contribution in [0.5, 0.6) is 0 Å². The van der Waals surface area contributed by atoms with Gasteiger partial charge in [-0.1, -0.05) is 24.4 Å². The number of thiocarbonyl (C=S) groups is 1. The summed E-state index contributed by atoms with van der Waals surface area (Å²) in [6, 6.07) is 6.62. The van der Waals surface area contributed by atoms with E-state index in [2.05, 4.69) is 4.72 Å². The second kappa shape index (κ2) is 3.93. The molecule has 4 nitrogen and oxygen atoms in total. The molecule has 0 atom stereocenters. The SMILES string of the molecule is CS(=O)(=O)Nc1cccc(C(N)=S)c1. The van der Waals surface area contributed by atoms with Crippen LogP contribution >= 0.6 is 12.2 Å². The zero-order chi connectivity index (χ0) is 10.8. The van der Waals surface area contributed by atoms with Crippen molar-refractivity contribution in [2.45, 2.75) is 0 Å². The van der Waals surface area contributed by atoms with Gasteiger partial charge in [-0.2, -0.15) is 0 Å². The largest absolute Gasteiger partial charge is 0.389 e. The van der Waals surface area contributed by atoms with Crippen molar-refractivity contribution in [3.63, 3.8) is 0 Å². The van der Waals surface area contributed by atoms with Crippen molar-refractivity contribution >= 4 is 32.9 Å². The average Bonchev–Trinajstić information content (AvgIpc) is 2.01. The number of nitrogens with two attached hydrogens (primary N) is 1. The molecule has 0 heterocycles. The van der Waals surface area contributed by atoms with Crippen LogP contribution in [-0.2, 0) is 10.0 Å². The van der Waals surface area contributed by atoms with Crippen molar-refractivity contribution in [1.82, 2.24) is 0 Å². The van der Waals surface area contributed by atoms with E-state index in [-0.39, 0.29) is 4.99 Å². The molecule has 0 saturated carbocycles. The van der Waals surface area contributed by atoms with Gasteiger partial charge in [0.1, 0.15) is 4.99 Å². The van der Waals surface area contributed by atoms with E-state index in [1.165, 1.54) is 0 Å². The Kier molecular flexibility index (Phi) is 3.07. The minimum atomic E-state index is -3.25. The predicted molar refractivity (Wildman–Crippen MR) is 60.8 cm³/mol. The topological polar surface area (TPSA) is 72.2 Å². The molecule has 1 rings (SSSR count).